The fourth-order valence-corrected chi connectivity index (χ4v) is 2.86. The van der Waals surface area contributed by atoms with Gasteiger partial charge in [-0.2, -0.15) is 0 Å². The van der Waals surface area contributed by atoms with Gasteiger partial charge in [-0.3, -0.25) is 9.80 Å². The Labute approximate surface area is 121 Å². The van der Waals surface area contributed by atoms with Crippen LogP contribution in [0.3, 0.4) is 0 Å². The normalized spacial score (nSPS) is 21.2. The lowest BCUT2D eigenvalue weighted by molar-refractivity contribution is 0.0455. The summed E-state index contributed by atoms with van der Waals surface area (Å²) in [5.74, 6) is 0. The van der Waals surface area contributed by atoms with E-state index in [0.29, 0.717) is 6.04 Å². The smallest absolute Gasteiger partial charge is 0.0558 e. The second-order valence-electron chi connectivity index (χ2n) is 5.65. The number of aryl methyl sites for hydroxylation is 1. The molecule has 112 valence electrons. The largest absolute Gasteiger partial charge is 0.396 e. The minimum Gasteiger partial charge on any atom is -0.396 e. The van der Waals surface area contributed by atoms with Gasteiger partial charge in [-0.05, 0) is 18.9 Å². The molecule has 0 aliphatic carbocycles. The third kappa shape index (κ3) is 4.28. The minimum absolute atomic E-state index is 0.212. The van der Waals surface area contributed by atoms with Crippen LogP contribution in [-0.4, -0.2) is 65.4 Å². The fraction of sp³-hybridized carbons (Fsp3) is 0.625. The first-order valence-corrected chi connectivity index (χ1v) is 7.46. The number of β-amino-alcohol motifs (C(OH)–C–C–N with tert-alkyl or cyclic N) is 1. The summed E-state index contributed by atoms with van der Waals surface area (Å²) in [6, 6.07) is 9.05. The third-order valence-corrected chi connectivity index (χ3v) is 4.07. The number of rotatable bonds is 6. The molecule has 1 fully saturated rings. The van der Waals surface area contributed by atoms with E-state index >= 15 is 0 Å². The summed E-state index contributed by atoms with van der Waals surface area (Å²) in [4.78, 5) is 4.74. The molecule has 1 heterocycles. The van der Waals surface area contributed by atoms with Gasteiger partial charge in [0.1, 0.15) is 0 Å². The molecule has 4 heteroatoms. The molecule has 1 aliphatic rings. The van der Waals surface area contributed by atoms with Crippen molar-refractivity contribution in [2.45, 2.75) is 25.9 Å². The lowest BCUT2D eigenvalue weighted by Crippen LogP contribution is -2.53. The van der Waals surface area contributed by atoms with Crippen LogP contribution in [0.5, 0.6) is 0 Å². The van der Waals surface area contributed by atoms with Crippen molar-refractivity contribution in [3.8, 4) is 0 Å². The van der Waals surface area contributed by atoms with Gasteiger partial charge in [0.05, 0.1) is 6.61 Å². The van der Waals surface area contributed by atoms with Crippen molar-refractivity contribution in [2.75, 3.05) is 39.4 Å². The molecule has 0 bridgehead atoms. The van der Waals surface area contributed by atoms with E-state index in [-0.39, 0.29) is 13.2 Å². The number of hydrogen-bond donors (Lipinski definition) is 2. The van der Waals surface area contributed by atoms with Crippen molar-refractivity contribution >= 4 is 0 Å². The Morgan fingerprint density at radius 3 is 2.50 bits per heavy atom. The van der Waals surface area contributed by atoms with E-state index < -0.39 is 0 Å². The van der Waals surface area contributed by atoms with E-state index in [4.69, 9.17) is 5.11 Å². The maximum Gasteiger partial charge on any atom is 0.0558 e. The third-order valence-electron chi connectivity index (χ3n) is 4.07. The molecule has 0 unspecified atom stereocenters. The number of aliphatic hydroxyl groups excluding tert-OH is 2. The Morgan fingerprint density at radius 1 is 1.10 bits per heavy atom. The maximum atomic E-state index is 9.26. The van der Waals surface area contributed by atoms with Crippen molar-refractivity contribution in [1.29, 1.82) is 0 Å². The van der Waals surface area contributed by atoms with Crippen LogP contribution in [0, 0.1) is 6.92 Å². The van der Waals surface area contributed by atoms with Crippen LogP contribution < -0.4 is 0 Å². The van der Waals surface area contributed by atoms with Crippen LogP contribution in [0.15, 0.2) is 24.3 Å². The molecular weight excluding hydrogens is 252 g/mol. The van der Waals surface area contributed by atoms with Gasteiger partial charge in [-0.15, -0.1) is 0 Å². The summed E-state index contributed by atoms with van der Waals surface area (Å²) < 4.78 is 0. The number of aliphatic hydroxyl groups is 2. The second kappa shape index (κ2) is 7.74. The number of benzene rings is 1. The van der Waals surface area contributed by atoms with Crippen molar-refractivity contribution in [3.63, 3.8) is 0 Å². The molecule has 1 aromatic rings. The quantitative estimate of drug-likeness (QED) is 0.810. The average Bonchev–Trinajstić information content (AvgIpc) is 2.45. The van der Waals surface area contributed by atoms with E-state index in [1.54, 1.807) is 0 Å². The summed E-state index contributed by atoms with van der Waals surface area (Å²) in [6.07, 6.45) is 0.799. The lowest BCUT2D eigenvalue weighted by Gasteiger charge is -2.41. The van der Waals surface area contributed by atoms with Crippen LogP contribution in [0.2, 0.25) is 0 Å². The van der Waals surface area contributed by atoms with Gasteiger partial charge in [0.2, 0.25) is 0 Å². The van der Waals surface area contributed by atoms with Crippen molar-refractivity contribution < 1.29 is 10.2 Å². The Morgan fingerprint density at radius 2 is 1.85 bits per heavy atom. The molecule has 1 aromatic carbocycles. The highest BCUT2D eigenvalue weighted by Crippen LogP contribution is 2.16. The molecule has 0 saturated carbocycles. The van der Waals surface area contributed by atoms with Crippen LogP contribution in [0.1, 0.15) is 17.5 Å². The van der Waals surface area contributed by atoms with Crippen molar-refractivity contribution in [1.82, 2.24) is 9.80 Å². The molecule has 2 rings (SSSR count). The number of hydrogen-bond acceptors (Lipinski definition) is 4. The molecule has 0 amide bonds. The van der Waals surface area contributed by atoms with E-state index in [1.807, 2.05) is 0 Å². The van der Waals surface area contributed by atoms with Crippen molar-refractivity contribution in [3.05, 3.63) is 35.4 Å². The van der Waals surface area contributed by atoms with Gasteiger partial charge in [-0.25, -0.2) is 0 Å². The van der Waals surface area contributed by atoms with Crippen LogP contribution in [-0.2, 0) is 6.54 Å². The van der Waals surface area contributed by atoms with Crippen LogP contribution in [0.25, 0.3) is 0 Å². The van der Waals surface area contributed by atoms with Gasteiger partial charge in [0.15, 0.2) is 0 Å². The highest BCUT2D eigenvalue weighted by Gasteiger charge is 2.26. The van der Waals surface area contributed by atoms with Gasteiger partial charge >= 0.3 is 0 Å². The molecule has 4 nitrogen and oxygen atoms in total. The van der Waals surface area contributed by atoms with Gasteiger partial charge in [0.25, 0.3) is 0 Å². The summed E-state index contributed by atoms with van der Waals surface area (Å²) in [6.45, 7) is 7.15. The second-order valence-corrected chi connectivity index (χ2v) is 5.65. The fourth-order valence-electron chi connectivity index (χ4n) is 2.86. The molecule has 2 N–H and O–H groups in total. The van der Waals surface area contributed by atoms with Gasteiger partial charge in [-0.1, -0.05) is 29.8 Å². The topological polar surface area (TPSA) is 46.9 Å². The first kappa shape index (κ1) is 15.4. The van der Waals surface area contributed by atoms with E-state index in [9.17, 15) is 5.11 Å². The maximum absolute atomic E-state index is 9.26. The molecule has 0 radical (unpaired) electrons. The average molecular weight is 278 g/mol. The Bertz CT molecular complexity index is 394. The number of nitrogens with zero attached hydrogens (tertiary/aromatic N) is 2. The van der Waals surface area contributed by atoms with E-state index in [0.717, 1.165) is 39.1 Å². The highest BCUT2D eigenvalue weighted by molar-refractivity contribution is 5.21. The Balaban J connectivity index is 1.96. The van der Waals surface area contributed by atoms with E-state index in [2.05, 4.69) is 41.0 Å². The molecule has 0 spiro atoms. The van der Waals surface area contributed by atoms with E-state index in [1.165, 1.54) is 11.1 Å². The molecule has 1 aliphatic heterocycles. The molecule has 20 heavy (non-hydrogen) atoms. The Hall–Kier alpha value is -0.940. The predicted octanol–water partition coefficient (Wildman–Crippen LogP) is 0.856. The number of piperazine rings is 1. The van der Waals surface area contributed by atoms with Crippen LogP contribution in [0.4, 0.5) is 0 Å². The van der Waals surface area contributed by atoms with Gasteiger partial charge < -0.3 is 10.2 Å². The minimum atomic E-state index is 0.212. The highest BCUT2D eigenvalue weighted by atomic mass is 16.3. The summed E-state index contributed by atoms with van der Waals surface area (Å²) in [5, 5.41) is 18.3. The SMILES string of the molecule is Cc1ccc(CN2CCN(CCO)C[C@@H]2CCO)cc1. The predicted molar refractivity (Wildman–Crippen MR) is 80.6 cm³/mol. The van der Waals surface area contributed by atoms with Gasteiger partial charge in [0, 0.05) is 45.4 Å². The monoisotopic (exact) mass is 278 g/mol. The van der Waals surface area contributed by atoms with Crippen molar-refractivity contribution in [2.24, 2.45) is 0 Å². The molecular formula is C16H26N2O2. The Kier molecular flexibility index (Phi) is 5.98. The summed E-state index contributed by atoms with van der Waals surface area (Å²) >= 11 is 0. The zero-order chi connectivity index (χ0) is 14.4. The molecule has 1 saturated heterocycles. The zero-order valence-electron chi connectivity index (χ0n) is 12.3. The zero-order valence-corrected chi connectivity index (χ0v) is 12.3. The van der Waals surface area contributed by atoms with Crippen LogP contribution >= 0.6 is 0 Å². The standard InChI is InChI=1S/C16H26N2O2/c1-14-2-4-15(5-3-14)12-18-8-7-17(9-11-20)13-16(18)6-10-19/h2-5,16,19-20H,6-13H2,1H3/t16-/m0/s1. The first-order valence-electron chi connectivity index (χ1n) is 7.46. The molecule has 1 atom stereocenters. The first-order chi connectivity index (χ1) is 9.72. The molecule has 0 aromatic heterocycles. The summed E-state index contributed by atoms with van der Waals surface area (Å²) in [7, 11) is 0. The summed E-state index contributed by atoms with van der Waals surface area (Å²) in [5.41, 5.74) is 2.61. The lowest BCUT2D eigenvalue weighted by atomic mass is 10.1.